The molecular weight excluding hydrogens is 230 g/mol. The minimum atomic E-state index is 0.402. The van der Waals surface area contributed by atoms with Crippen molar-refractivity contribution in [3.8, 4) is 5.75 Å². The average Bonchev–Trinajstić information content (AvgIpc) is 2.14. The Morgan fingerprint density at radius 2 is 2.31 bits per heavy atom. The molecule has 0 aliphatic heterocycles. The second-order valence-corrected chi connectivity index (χ2v) is 4.02. The Labute approximate surface area is 87.2 Å². The quantitative estimate of drug-likeness (QED) is 0.882. The molecule has 0 saturated heterocycles. The van der Waals surface area contributed by atoms with Gasteiger partial charge in [0.25, 0.3) is 0 Å². The molecule has 0 aliphatic rings. The molecule has 2 N–H and O–H groups in total. The first-order valence-electron chi connectivity index (χ1n) is 4.31. The molecule has 0 aromatic heterocycles. The molecule has 13 heavy (non-hydrogen) atoms. The summed E-state index contributed by atoms with van der Waals surface area (Å²) in [5.41, 5.74) is 5.48. The summed E-state index contributed by atoms with van der Waals surface area (Å²) in [6.07, 6.45) is 0. The van der Waals surface area contributed by atoms with Crippen LogP contribution in [0.4, 0.5) is 0 Å². The van der Waals surface area contributed by atoms with Crippen molar-refractivity contribution in [2.75, 3.05) is 13.2 Å². The maximum Gasteiger partial charge on any atom is 0.120 e. The van der Waals surface area contributed by atoms with E-state index in [9.17, 15) is 0 Å². The van der Waals surface area contributed by atoms with E-state index in [4.69, 9.17) is 10.5 Å². The maximum atomic E-state index is 5.53. The summed E-state index contributed by atoms with van der Waals surface area (Å²) in [6.45, 7) is 3.40. The van der Waals surface area contributed by atoms with Gasteiger partial charge in [-0.3, -0.25) is 0 Å². The van der Waals surface area contributed by atoms with Gasteiger partial charge in [-0.25, -0.2) is 0 Å². The van der Waals surface area contributed by atoms with Crippen molar-refractivity contribution < 1.29 is 4.74 Å². The molecule has 0 heterocycles. The largest absolute Gasteiger partial charge is 0.493 e. The van der Waals surface area contributed by atoms with Gasteiger partial charge in [-0.1, -0.05) is 28.9 Å². The molecule has 0 spiro atoms. The van der Waals surface area contributed by atoms with Crippen molar-refractivity contribution in [1.82, 2.24) is 0 Å². The monoisotopic (exact) mass is 243 g/mol. The fraction of sp³-hybridized carbons (Fsp3) is 0.400. The molecule has 0 fully saturated rings. The van der Waals surface area contributed by atoms with Gasteiger partial charge in [0.1, 0.15) is 5.75 Å². The molecule has 1 rings (SSSR count). The highest BCUT2D eigenvalue weighted by molar-refractivity contribution is 9.10. The van der Waals surface area contributed by atoms with Crippen LogP contribution < -0.4 is 10.5 Å². The Bertz CT molecular complexity index is 265. The van der Waals surface area contributed by atoms with Gasteiger partial charge in [0.2, 0.25) is 0 Å². The van der Waals surface area contributed by atoms with Crippen molar-refractivity contribution >= 4 is 15.9 Å². The van der Waals surface area contributed by atoms with Crippen LogP contribution in [0.5, 0.6) is 5.75 Å². The van der Waals surface area contributed by atoms with E-state index in [0.717, 1.165) is 10.2 Å². The van der Waals surface area contributed by atoms with Crippen LogP contribution in [0, 0.1) is 5.92 Å². The molecule has 72 valence electrons. The van der Waals surface area contributed by atoms with Crippen LogP contribution in [0.3, 0.4) is 0 Å². The highest BCUT2D eigenvalue weighted by atomic mass is 79.9. The zero-order chi connectivity index (χ0) is 9.68. The predicted octanol–water partition coefficient (Wildman–Crippen LogP) is 2.42. The van der Waals surface area contributed by atoms with Crippen LogP contribution in [0.25, 0.3) is 0 Å². The van der Waals surface area contributed by atoms with Gasteiger partial charge in [0.15, 0.2) is 0 Å². The first-order chi connectivity index (χ1) is 6.22. The molecule has 0 radical (unpaired) electrons. The molecule has 1 aromatic rings. The predicted molar refractivity (Wildman–Crippen MR) is 57.9 cm³/mol. The van der Waals surface area contributed by atoms with Crippen LogP contribution in [0.2, 0.25) is 0 Å². The molecule has 0 aliphatic carbocycles. The number of nitrogens with two attached hydrogens (primary N) is 1. The van der Waals surface area contributed by atoms with E-state index in [1.54, 1.807) is 0 Å². The summed E-state index contributed by atoms with van der Waals surface area (Å²) < 4.78 is 6.56. The molecule has 0 bridgehead atoms. The van der Waals surface area contributed by atoms with E-state index in [-0.39, 0.29) is 0 Å². The third kappa shape index (κ3) is 3.79. The molecule has 0 amide bonds. The van der Waals surface area contributed by atoms with Gasteiger partial charge < -0.3 is 10.5 Å². The smallest absolute Gasteiger partial charge is 0.120 e. The zero-order valence-electron chi connectivity index (χ0n) is 7.66. The van der Waals surface area contributed by atoms with Gasteiger partial charge >= 0.3 is 0 Å². The lowest BCUT2D eigenvalue weighted by atomic mass is 10.2. The van der Waals surface area contributed by atoms with Crippen molar-refractivity contribution in [1.29, 1.82) is 0 Å². The molecule has 1 atom stereocenters. The SMILES string of the molecule is CC(CN)COc1cccc(Br)c1. The Kier molecular flexibility index (Phi) is 4.25. The number of ether oxygens (including phenoxy) is 1. The van der Waals surface area contributed by atoms with E-state index in [0.29, 0.717) is 19.1 Å². The van der Waals surface area contributed by atoms with Crippen LogP contribution >= 0.6 is 15.9 Å². The topological polar surface area (TPSA) is 35.2 Å². The Hall–Kier alpha value is -0.540. The van der Waals surface area contributed by atoms with Crippen molar-refractivity contribution in [3.63, 3.8) is 0 Å². The van der Waals surface area contributed by atoms with E-state index < -0.39 is 0 Å². The minimum absolute atomic E-state index is 0.402. The normalized spacial score (nSPS) is 12.5. The molecule has 1 aromatic carbocycles. The average molecular weight is 244 g/mol. The zero-order valence-corrected chi connectivity index (χ0v) is 9.25. The standard InChI is InChI=1S/C10H14BrNO/c1-8(6-12)7-13-10-4-2-3-9(11)5-10/h2-5,8H,6-7,12H2,1H3. The summed E-state index contributed by atoms with van der Waals surface area (Å²) in [4.78, 5) is 0. The van der Waals surface area contributed by atoms with E-state index in [2.05, 4.69) is 22.9 Å². The number of hydrogen-bond donors (Lipinski definition) is 1. The molecule has 1 unspecified atom stereocenters. The Morgan fingerprint density at radius 1 is 1.54 bits per heavy atom. The fourth-order valence-corrected chi connectivity index (χ4v) is 1.24. The third-order valence-corrected chi connectivity index (χ3v) is 2.23. The van der Waals surface area contributed by atoms with Crippen molar-refractivity contribution in [2.45, 2.75) is 6.92 Å². The van der Waals surface area contributed by atoms with Gasteiger partial charge in [-0.2, -0.15) is 0 Å². The second-order valence-electron chi connectivity index (χ2n) is 3.11. The highest BCUT2D eigenvalue weighted by Gasteiger charge is 2.00. The first-order valence-corrected chi connectivity index (χ1v) is 5.10. The third-order valence-electron chi connectivity index (χ3n) is 1.73. The lowest BCUT2D eigenvalue weighted by Crippen LogP contribution is -2.18. The Morgan fingerprint density at radius 3 is 2.92 bits per heavy atom. The maximum absolute atomic E-state index is 5.53. The second kappa shape index (κ2) is 5.25. The van der Waals surface area contributed by atoms with Gasteiger partial charge in [-0.05, 0) is 24.7 Å². The highest BCUT2D eigenvalue weighted by Crippen LogP contribution is 2.18. The summed E-state index contributed by atoms with van der Waals surface area (Å²) >= 11 is 3.38. The number of rotatable bonds is 4. The van der Waals surface area contributed by atoms with Gasteiger partial charge in [0, 0.05) is 10.4 Å². The first kappa shape index (κ1) is 10.5. The van der Waals surface area contributed by atoms with Crippen LogP contribution in [0.15, 0.2) is 28.7 Å². The molecule has 3 heteroatoms. The fourth-order valence-electron chi connectivity index (χ4n) is 0.863. The van der Waals surface area contributed by atoms with Crippen molar-refractivity contribution in [2.24, 2.45) is 11.7 Å². The minimum Gasteiger partial charge on any atom is -0.493 e. The van der Waals surface area contributed by atoms with Crippen LogP contribution in [0.1, 0.15) is 6.92 Å². The van der Waals surface area contributed by atoms with Crippen LogP contribution in [-0.2, 0) is 0 Å². The number of halogens is 1. The lowest BCUT2D eigenvalue weighted by molar-refractivity contribution is 0.264. The van der Waals surface area contributed by atoms with Gasteiger partial charge in [-0.15, -0.1) is 0 Å². The molecule has 2 nitrogen and oxygen atoms in total. The van der Waals surface area contributed by atoms with E-state index >= 15 is 0 Å². The van der Waals surface area contributed by atoms with Crippen molar-refractivity contribution in [3.05, 3.63) is 28.7 Å². The summed E-state index contributed by atoms with van der Waals surface area (Å²) in [7, 11) is 0. The summed E-state index contributed by atoms with van der Waals surface area (Å²) in [6, 6.07) is 7.81. The summed E-state index contributed by atoms with van der Waals surface area (Å²) in [5.74, 6) is 1.29. The van der Waals surface area contributed by atoms with Gasteiger partial charge in [0.05, 0.1) is 6.61 Å². The summed E-state index contributed by atoms with van der Waals surface area (Å²) in [5, 5.41) is 0. The molecule has 0 saturated carbocycles. The number of benzene rings is 1. The van der Waals surface area contributed by atoms with E-state index in [1.807, 2.05) is 24.3 Å². The molecular formula is C10H14BrNO. The van der Waals surface area contributed by atoms with Crippen LogP contribution in [-0.4, -0.2) is 13.2 Å². The number of hydrogen-bond acceptors (Lipinski definition) is 2. The van der Waals surface area contributed by atoms with E-state index in [1.165, 1.54) is 0 Å². The lowest BCUT2D eigenvalue weighted by Gasteiger charge is -2.10. The Balaban J connectivity index is 2.45.